The van der Waals surface area contributed by atoms with E-state index in [0.29, 0.717) is 5.25 Å². The van der Waals surface area contributed by atoms with Crippen molar-refractivity contribution in [2.24, 2.45) is 5.41 Å². The Bertz CT molecular complexity index is 355. The van der Waals surface area contributed by atoms with E-state index in [1.165, 1.54) is 0 Å². The monoisotopic (exact) mass is 302 g/mol. The number of carbonyl (C=O) groups excluding carboxylic acids is 1. The number of aliphatic carboxylic acids is 1. The maximum absolute atomic E-state index is 11.9. The Morgan fingerprint density at radius 1 is 1.35 bits per heavy atom. The zero-order valence-electron chi connectivity index (χ0n) is 12.7. The first kappa shape index (κ1) is 17.1. The summed E-state index contributed by atoms with van der Waals surface area (Å²) in [4.78, 5) is 23.1. The van der Waals surface area contributed by atoms with Crippen molar-refractivity contribution in [1.82, 2.24) is 10.6 Å². The number of nitrogens with one attached hydrogen (secondary N) is 2. The van der Waals surface area contributed by atoms with E-state index in [0.717, 1.165) is 25.0 Å². The van der Waals surface area contributed by atoms with Crippen LogP contribution in [0.2, 0.25) is 0 Å². The van der Waals surface area contributed by atoms with E-state index in [9.17, 15) is 14.7 Å². The van der Waals surface area contributed by atoms with Crippen molar-refractivity contribution in [3.8, 4) is 0 Å². The summed E-state index contributed by atoms with van der Waals surface area (Å²) in [6, 6.07) is -1.10. The maximum atomic E-state index is 11.9. The lowest BCUT2D eigenvalue weighted by Crippen LogP contribution is -2.53. The second kappa shape index (κ2) is 7.20. The molecule has 2 amide bonds. The summed E-state index contributed by atoms with van der Waals surface area (Å²) in [5.41, 5.74) is -0.514. The molecule has 0 aromatic rings. The van der Waals surface area contributed by atoms with Gasteiger partial charge in [0.25, 0.3) is 0 Å². The minimum Gasteiger partial charge on any atom is -0.480 e. The van der Waals surface area contributed by atoms with Gasteiger partial charge in [-0.15, -0.1) is 0 Å². The Labute approximate surface area is 125 Å². The number of thioether (sulfide) groups is 1. The normalized spacial score (nSPS) is 24.2. The second-order valence-corrected chi connectivity index (χ2v) is 7.92. The third kappa shape index (κ3) is 5.23. The highest BCUT2D eigenvalue weighted by molar-refractivity contribution is 7.99. The van der Waals surface area contributed by atoms with Crippen LogP contribution in [0.1, 0.15) is 47.0 Å². The van der Waals surface area contributed by atoms with Gasteiger partial charge in [0.05, 0.1) is 0 Å². The standard InChI is InChI=1S/C14H26N2O3S/c1-5-20-10-7-6-9(8-10)15-13(19)16-11(12(17)18)14(2,3)4/h9-11H,5-8H2,1-4H3,(H,17,18)(H2,15,16,19)/t9?,10?,11-/m1/s1. The van der Waals surface area contributed by atoms with Gasteiger partial charge in [-0.2, -0.15) is 11.8 Å². The number of carbonyl (C=O) groups is 2. The van der Waals surface area contributed by atoms with Crippen molar-refractivity contribution in [3.63, 3.8) is 0 Å². The van der Waals surface area contributed by atoms with E-state index in [1.807, 2.05) is 11.8 Å². The van der Waals surface area contributed by atoms with Crippen molar-refractivity contribution in [1.29, 1.82) is 0 Å². The predicted molar refractivity (Wildman–Crippen MR) is 82.1 cm³/mol. The molecule has 3 atom stereocenters. The van der Waals surface area contributed by atoms with Crippen LogP contribution in [0.15, 0.2) is 0 Å². The minimum atomic E-state index is -1.00. The average molecular weight is 302 g/mol. The molecule has 0 spiro atoms. The van der Waals surface area contributed by atoms with Gasteiger partial charge >= 0.3 is 12.0 Å². The van der Waals surface area contributed by atoms with Crippen molar-refractivity contribution in [2.75, 3.05) is 5.75 Å². The lowest BCUT2D eigenvalue weighted by Gasteiger charge is -2.28. The third-order valence-corrected chi connectivity index (χ3v) is 4.74. The Balaban J connectivity index is 2.45. The molecule has 0 saturated heterocycles. The SMILES string of the molecule is CCSC1CCC(NC(=O)N[C@H](C(=O)O)C(C)(C)C)C1. The van der Waals surface area contributed by atoms with E-state index in [4.69, 9.17) is 0 Å². The van der Waals surface area contributed by atoms with Crippen LogP contribution < -0.4 is 10.6 Å². The summed E-state index contributed by atoms with van der Waals surface area (Å²) in [5.74, 6) is 0.0906. The van der Waals surface area contributed by atoms with Gasteiger partial charge in [-0.3, -0.25) is 0 Å². The first-order valence-corrected chi connectivity index (χ1v) is 8.20. The fourth-order valence-corrected chi connectivity index (χ4v) is 3.61. The smallest absolute Gasteiger partial charge is 0.326 e. The van der Waals surface area contributed by atoms with Crippen molar-refractivity contribution < 1.29 is 14.7 Å². The Kier molecular flexibility index (Phi) is 6.17. The number of urea groups is 1. The first-order valence-electron chi connectivity index (χ1n) is 7.15. The third-order valence-electron chi connectivity index (χ3n) is 3.51. The molecule has 0 heterocycles. The van der Waals surface area contributed by atoms with Crippen LogP contribution in [-0.4, -0.2) is 40.2 Å². The van der Waals surface area contributed by atoms with Gasteiger partial charge in [0.15, 0.2) is 0 Å². The molecule has 1 aliphatic carbocycles. The van der Waals surface area contributed by atoms with Crippen LogP contribution in [0.25, 0.3) is 0 Å². The van der Waals surface area contributed by atoms with E-state index in [1.54, 1.807) is 20.8 Å². The molecule has 5 nitrogen and oxygen atoms in total. The molecule has 2 unspecified atom stereocenters. The average Bonchev–Trinajstić information content (AvgIpc) is 2.72. The van der Waals surface area contributed by atoms with Gasteiger partial charge in [0.1, 0.15) is 6.04 Å². The maximum Gasteiger partial charge on any atom is 0.326 e. The van der Waals surface area contributed by atoms with Crippen molar-refractivity contribution in [3.05, 3.63) is 0 Å². The lowest BCUT2D eigenvalue weighted by molar-refractivity contribution is -0.141. The fourth-order valence-electron chi connectivity index (χ4n) is 2.47. The highest BCUT2D eigenvalue weighted by atomic mass is 32.2. The molecular weight excluding hydrogens is 276 g/mol. The van der Waals surface area contributed by atoms with E-state index < -0.39 is 17.4 Å². The number of hydrogen-bond acceptors (Lipinski definition) is 3. The lowest BCUT2D eigenvalue weighted by atomic mass is 9.87. The summed E-state index contributed by atoms with van der Waals surface area (Å²) >= 11 is 1.93. The number of carboxylic acids is 1. The molecule has 116 valence electrons. The largest absolute Gasteiger partial charge is 0.480 e. The quantitative estimate of drug-likeness (QED) is 0.729. The molecule has 0 aromatic heterocycles. The van der Waals surface area contributed by atoms with Crippen LogP contribution in [0.5, 0.6) is 0 Å². The summed E-state index contributed by atoms with van der Waals surface area (Å²) in [6.45, 7) is 7.54. The number of carboxylic acid groups (broad SMARTS) is 1. The molecule has 0 radical (unpaired) electrons. The molecule has 1 rings (SSSR count). The van der Waals surface area contributed by atoms with Gasteiger partial charge < -0.3 is 15.7 Å². The van der Waals surface area contributed by atoms with Crippen LogP contribution >= 0.6 is 11.8 Å². The van der Waals surface area contributed by atoms with Crippen molar-refractivity contribution in [2.45, 2.75) is 64.3 Å². The molecule has 6 heteroatoms. The van der Waals surface area contributed by atoms with Crippen LogP contribution in [0, 0.1) is 5.41 Å². The molecule has 0 aromatic carbocycles. The summed E-state index contributed by atoms with van der Waals surface area (Å²) < 4.78 is 0. The van der Waals surface area contributed by atoms with E-state index >= 15 is 0 Å². The molecule has 0 bridgehead atoms. The fraction of sp³-hybridized carbons (Fsp3) is 0.857. The van der Waals surface area contributed by atoms with E-state index in [2.05, 4.69) is 17.6 Å². The van der Waals surface area contributed by atoms with E-state index in [-0.39, 0.29) is 12.1 Å². The molecular formula is C14H26N2O3S. The van der Waals surface area contributed by atoms with Crippen LogP contribution in [-0.2, 0) is 4.79 Å². The number of amides is 2. The second-order valence-electron chi connectivity index (χ2n) is 6.34. The Hall–Kier alpha value is -0.910. The molecule has 20 heavy (non-hydrogen) atoms. The van der Waals surface area contributed by atoms with Crippen LogP contribution in [0.3, 0.4) is 0 Å². The highest BCUT2D eigenvalue weighted by Crippen LogP contribution is 2.29. The zero-order valence-corrected chi connectivity index (χ0v) is 13.5. The molecule has 1 saturated carbocycles. The Morgan fingerprint density at radius 2 is 2.00 bits per heavy atom. The minimum absolute atomic E-state index is 0.161. The zero-order chi connectivity index (χ0) is 15.3. The number of rotatable bonds is 5. The summed E-state index contributed by atoms with van der Waals surface area (Å²) in [6.07, 6.45) is 3.06. The summed E-state index contributed by atoms with van der Waals surface area (Å²) in [7, 11) is 0. The molecule has 0 aliphatic heterocycles. The van der Waals surface area contributed by atoms with Crippen LogP contribution in [0.4, 0.5) is 4.79 Å². The molecule has 3 N–H and O–H groups in total. The van der Waals surface area contributed by atoms with Gasteiger partial charge in [-0.05, 0) is 30.4 Å². The summed E-state index contributed by atoms with van der Waals surface area (Å²) in [5, 5.41) is 15.3. The Morgan fingerprint density at radius 3 is 2.50 bits per heavy atom. The molecule has 1 aliphatic rings. The van der Waals surface area contributed by atoms with Gasteiger partial charge in [0.2, 0.25) is 0 Å². The topological polar surface area (TPSA) is 78.4 Å². The highest BCUT2D eigenvalue weighted by Gasteiger charge is 2.33. The first-order chi connectivity index (χ1) is 9.24. The van der Waals surface area contributed by atoms with Gasteiger partial charge in [-0.25, -0.2) is 9.59 Å². The van der Waals surface area contributed by atoms with Gasteiger partial charge in [-0.1, -0.05) is 27.7 Å². The van der Waals surface area contributed by atoms with Gasteiger partial charge in [0, 0.05) is 11.3 Å². The molecule has 1 fully saturated rings. The number of hydrogen-bond donors (Lipinski definition) is 3. The predicted octanol–water partition coefficient (Wildman–Crippen LogP) is 2.46. The van der Waals surface area contributed by atoms with Crippen molar-refractivity contribution >= 4 is 23.8 Å².